The molecule has 0 aliphatic heterocycles. The fourth-order valence-electron chi connectivity index (χ4n) is 3.80. The van der Waals surface area contributed by atoms with Gasteiger partial charge in [0.05, 0.1) is 0 Å². The van der Waals surface area contributed by atoms with Crippen molar-refractivity contribution < 1.29 is 29.4 Å². The number of nitrogens with one attached hydrogen (secondary N) is 3. The Morgan fingerprint density at radius 3 is 2.11 bits per heavy atom. The first-order valence-electron chi connectivity index (χ1n) is 11.9. The van der Waals surface area contributed by atoms with Crippen LogP contribution in [0.25, 0.3) is 0 Å². The van der Waals surface area contributed by atoms with Gasteiger partial charge in [0.1, 0.15) is 24.2 Å². The Morgan fingerprint density at radius 2 is 1.60 bits per heavy atom. The van der Waals surface area contributed by atoms with Crippen molar-refractivity contribution in [3.63, 3.8) is 0 Å². The number of aliphatic hydroxyl groups is 1. The Balaban J connectivity index is 3.17. The highest BCUT2D eigenvalue weighted by Gasteiger charge is 2.38. The van der Waals surface area contributed by atoms with Crippen LogP contribution in [0.5, 0.6) is 0 Å². The van der Waals surface area contributed by atoms with Crippen molar-refractivity contribution in [2.24, 2.45) is 11.8 Å². The minimum Gasteiger partial charge on any atom is -0.480 e. The summed E-state index contributed by atoms with van der Waals surface area (Å²) in [6, 6.07) is 6.99. The number of hydrogen-bond donors (Lipinski definition) is 5. The fraction of sp³-hybridized carbons (Fsp3) is 0.538. The van der Waals surface area contributed by atoms with Crippen molar-refractivity contribution in [3.8, 4) is 0 Å². The molecule has 0 saturated heterocycles. The van der Waals surface area contributed by atoms with Crippen LogP contribution in [-0.2, 0) is 25.6 Å². The van der Waals surface area contributed by atoms with Crippen LogP contribution >= 0.6 is 0 Å². The second-order valence-corrected chi connectivity index (χ2v) is 9.64. The summed E-state index contributed by atoms with van der Waals surface area (Å²) < 4.78 is 0. The Bertz CT molecular complexity index is 871. The molecule has 5 N–H and O–H groups in total. The van der Waals surface area contributed by atoms with E-state index in [1.54, 1.807) is 12.1 Å². The SMILES string of the molecule is C=CC[C@@](O)(CC(C)C)C(=O)N[C@@H](Cc1ccccc1)C(=O)N[C@@H](CC(C)C)C(=O)NCC(=O)O. The molecule has 0 saturated carbocycles. The van der Waals surface area contributed by atoms with Crippen LogP contribution in [0, 0.1) is 11.8 Å². The number of carboxylic acids is 1. The van der Waals surface area contributed by atoms with Crippen LogP contribution < -0.4 is 16.0 Å². The second-order valence-electron chi connectivity index (χ2n) is 9.64. The lowest BCUT2D eigenvalue weighted by molar-refractivity contribution is -0.144. The quantitative estimate of drug-likeness (QED) is 0.238. The predicted octanol–water partition coefficient (Wildman–Crippen LogP) is 1.80. The summed E-state index contributed by atoms with van der Waals surface area (Å²) in [6.45, 7) is 10.5. The Hall–Kier alpha value is -3.20. The van der Waals surface area contributed by atoms with Crippen molar-refractivity contribution in [1.29, 1.82) is 0 Å². The first-order chi connectivity index (χ1) is 16.4. The maximum absolute atomic E-state index is 13.3. The summed E-state index contributed by atoms with van der Waals surface area (Å²) in [5.74, 6) is -3.08. The van der Waals surface area contributed by atoms with Crippen molar-refractivity contribution in [2.75, 3.05) is 6.54 Å². The average molecular weight is 490 g/mol. The van der Waals surface area contributed by atoms with Gasteiger partial charge in [-0.25, -0.2) is 0 Å². The summed E-state index contributed by atoms with van der Waals surface area (Å²) in [5, 5.41) is 27.5. The van der Waals surface area contributed by atoms with Gasteiger partial charge in [0, 0.05) is 12.8 Å². The molecular formula is C26H39N3O6. The molecule has 9 nitrogen and oxygen atoms in total. The maximum Gasteiger partial charge on any atom is 0.322 e. The summed E-state index contributed by atoms with van der Waals surface area (Å²) >= 11 is 0. The molecule has 3 amide bonds. The molecule has 0 heterocycles. The van der Waals surface area contributed by atoms with E-state index in [1.165, 1.54) is 6.08 Å². The molecule has 0 spiro atoms. The van der Waals surface area contributed by atoms with Gasteiger partial charge in [-0.05, 0) is 30.2 Å². The standard InChI is InChI=1S/C26H39N3O6/c1-6-12-26(35,15-18(4)5)25(34)29-21(14-19-10-8-7-9-11-19)24(33)28-20(13-17(2)3)23(32)27-16-22(30)31/h6-11,17-18,20-21,35H,1,12-16H2,2-5H3,(H,27,32)(H,28,33)(H,29,34)(H,30,31)/t20-,21-,26+/m0/s1. The lowest BCUT2D eigenvalue weighted by Crippen LogP contribution is -2.58. The molecule has 1 aromatic rings. The van der Waals surface area contributed by atoms with Crippen molar-refractivity contribution >= 4 is 23.7 Å². The number of rotatable bonds is 15. The average Bonchev–Trinajstić information content (AvgIpc) is 2.76. The monoisotopic (exact) mass is 489 g/mol. The summed E-state index contributed by atoms with van der Waals surface area (Å²) in [5.41, 5.74) is -0.957. The second kappa shape index (κ2) is 14.3. The van der Waals surface area contributed by atoms with E-state index in [0.29, 0.717) is 0 Å². The first kappa shape index (κ1) is 29.8. The molecule has 3 atom stereocenters. The normalized spacial score (nSPS) is 14.5. The highest BCUT2D eigenvalue weighted by atomic mass is 16.4. The Labute approximate surface area is 207 Å². The lowest BCUT2D eigenvalue weighted by atomic mass is 9.88. The molecule has 0 bridgehead atoms. The number of aliphatic carboxylic acids is 1. The van der Waals surface area contributed by atoms with Gasteiger partial charge >= 0.3 is 5.97 Å². The van der Waals surface area contributed by atoms with Gasteiger partial charge in [0.2, 0.25) is 11.8 Å². The topological polar surface area (TPSA) is 145 Å². The van der Waals surface area contributed by atoms with Crippen LogP contribution in [0.1, 0.15) is 52.5 Å². The predicted molar refractivity (Wildman–Crippen MR) is 133 cm³/mol. The summed E-state index contributed by atoms with van der Waals surface area (Å²) in [7, 11) is 0. The Morgan fingerprint density at radius 1 is 0.971 bits per heavy atom. The number of hydrogen-bond acceptors (Lipinski definition) is 5. The molecule has 0 radical (unpaired) electrons. The van der Waals surface area contributed by atoms with Crippen LogP contribution in [0.15, 0.2) is 43.0 Å². The minimum absolute atomic E-state index is 0.0143. The highest BCUT2D eigenvalue weighted by Crippen LogP contribution is 2.22. The number of amides is 3. The number of benzene rings is 1. The third kappa shape index (κ3) is 10.7. The summed E-state index contributed by atoms with van der Waals surface area (Å²) in [4.78, 5) is 49.8. The van der Waals surface area contributed by atoms with Gasteiger partial charge in [0.15, 0.2) is 0 Å². The molecular weight excluding hydrogens is 450 g/mol. The Kier molecular flexibility index (Phi) is 12.2. The molecule has 1 aromatic carbocycles. The van der Waals surface area contributed by atoms with Gasteiger partial charge < -0.3 is 26.2 Å². The van der Waals surface area contributed by atoms with E-state index in [1.807, 2.05) is 45.9 Å². The molecule has 0 aliphatic carbocycles. The van der Waals surface area contributed by atoms with Crippen molar-refractivity contribution in [1.82, 2.24) is 16.0 Å². The van der Waals surface area contributed by atoms with Gasteiger partial charge in [0.25, 0.3) is 5.91 Å². The van der Waals surface area contributed by atoms with Crippen molar-refractivity contribution in [3.05, 3.63) is 48.6 Å². The number of carbonyl (C=O) groups excluding carboxylic acids is 3. The van der Waals surface area contributed by atoms with E-state index in [9.17, 15) is 24.3 Å². The van der Waals surface area contributed by atoms with Crippen LogP contribution in [-0.4, -0.2) is 58.1 Å². The molecule has 35 heavy (non-hydrogen) atoms. The smallest absolute Gasteiger partial charge is 0.322 e. The number of carboxylic acid groups (broad SMARTS) is 1. The van der Waals surface area contributed by atoms with Crippen LogP contribution in [0.2, 0.25) is 0 Å². The van der Waals surface area contributed by atoms with Gasteiger partial charge in [-0.2, -0.15) is 0 Å². The van der Waals surface area contributed by atoms with Gasteiger partial charge in [-0.1, -0.05) is 64.1 Å². The van der Waals surface area contributed by atoms with Gasteiger partial charge in [-0.15, -0.1) is 6.58 Å². The van der Waals surface area contributed by atoms with E-state index in [4.69, 9.17) is 5.11 Å². The first-order valence-corrected chi connectivity index (χ1v) is 11.9. The van der Waals surface area contributed by atoms with E-state index in [2.05, 4.69) is 22.5 Å². The highest BCUT2D eigenvalue weighted by molar-refractivity contribution is 5.94. The fourth-order valence-corrected chi connectivity index (χ4v) is 3.80. The van der Waals surface area contributed by atoms with E-state index in [0.717, 1.165) is 5.56 Å². The zero-order valence-electron chi connectivity index (χ0n) is 21.0. The van der Waals surface area contributed by atoms with Crippen LogP contribution in [0.3, 0.4) is 0 Å². The minimum atomic E-state index is -1.73. The molecule has 0 fully saturated rings. The van der Waals surface area contributed by atoms with Crippen LogP contribution in [0.4, 0.5) is 0 Å². The molecule has 0 unspecified atom stereocenters. The third-order valence-electron chi connectivity index (χ3n) is 5.31. The van der Waals surface area contributed by atoms with E-state index < -0.39 is 47.9 Å². The molecule has 0 aromatic heterocycles. The zero-order chi connectivity index (χ0) is 26.6. The van der Waals surface area contributed by atoms with E-state index in [-0.39, 0.29) is 37.5 Å². The molecule has 9 heteroatoms. The molecule has 194 valence electrons. The maximum atomic E-state index is 13.3. The van der Waals surface area contributed by atoms with E-state index >= 15 is 0 Å². The van der Waals surface area contributed by atoms with Crippen molar-refractivity contribution in [2.45, 2.75) is 71.1 Å². The summed E-state index contributed by atoms with van der Waals surface area (Å²) in [6.07, 6.45) is 2.06. The molecule has 1 rings (SSSR count). The lowest BCUT2D eigenvalue weighted by Gasteiger charge is -2.30. The largest absolute Gasteiger partial charge is 0.480 e. The number of carbonyl (C=O) groups is 4. The van der Waals surface area contributed by atoms with Gasteiger partial charge in [-0.3, -0.25) is 19.2 Å². The zero-order valence-corrected chi connectivity index (χ0v) is 21.0. The third-order valence-corrected chi connectivity index (χ3v) is 5.31. The molecule has 0 aliphatic rings.